The van der Waals surface area contributed by atoms with Crippen molar-refractivity contribution in [2.24, 2.45) is 5.92 Å². The number of rotatable bonds is 10. The summed E-state index contributed by atoms with van der Waals surface area (Å²) in [5.74, 6) is -1.31. The number of hydrogen-bond donors (Lipinski definition) is 3. The topological polar surface area (TPSA) is 108 Å². The maximum absolute atomic E-state index is 13.5. The molecule has 3 N–H and O–H groups in total. The molecule has 8 heteroatoms. The maximum Gasteiger partial charge on any atom is 0.273 e. The van der Waals surface area contributed by atoms with E-state index in [-0.39, 0.29) is 23.9 Å². The number of Topliss-reactive ketones (excluding diaryl/α,β-unsaturated/α-hetero) is 1. The molecule has 0 saturated heterocycles. The summed E-state index contributed by atoms with van der Waals surface area (Å²) in [7, 11) is 0. The summed E-state index contributed by atoms with van der Waals surface area (Å²) in [6.45, 7) is 1.47. The largest absolute Gasteiger partial charge is 0.396 e. The number of nitrogens with zero attached hydrogens (tertiary/aromatic N) is 2. The fourth-order valence-electron chi connectivity index (χ4n) is 3.49. The highest BCUT2D eigenvalue weighted by Crippen LogP contribution is 2.22. The average molecular weight is 424 g/mol. The lowest BCUT2D eigenvalue weighted by Gasteiger charge is -2.22. The normalized spacial score (nSPS) is 12.9. The van der Waals surface area contributed by atoms with Gasteiger partial charge in [0.1, 0.15) is 11.6 Å². The highest BCUT2D eigenvalue weighted by atomic mass is 19.1. The molecule has 0 fully saturated rings. The van der Waals surface area contributed by atoms with E-state index < -0.39 is 17.9 Å². The van der Waals surface area contributed by atoms with Crippen molar-refractivity contribution in [3.05, 3.63) is 71.8 Å². The van der Waals surface area contributed by atoms with Crippen molar-refractivity contribution in [3.8, 4) is 11.1 Å². The third kappa shape index (κ3) is 6.05. The Bertz CT molecular complexity index is 1010. The van der Waals surface area contributed by atoms with Crippen LogP contribution in [0, 0.1) is 11.7 Å². The number of aliphatic hydroxyl groups excluding tert-OH is 1. The molecule has 1 aromatic heterocycles. The summed E-state index contributed by atoms with van der Waals surface area (Å²) in [6, 6.07) is 13.6. The number of H-pyrrole nitrogens is 1. The van der Waals surface area contributed by atoms with Gasteiger partial charge in [-0.15, -0.1) is 0 Å². The molecule has 2 aromatic carbocycles. The second-order valence-electron chi connectivity index (χ2n) is 7.37. The van der Waals surface area contributed by atoms with Gasteiger partial charge in [0.15, 0.2) is 5.69 Å². The fraction of sp³-hybridized carbons (Fsp3) is 0.304. The van der Waals surface area contributed by atoms with Crippen LogP contribution < -0.4 is 5.32 Å². The van der Waals surface area contributed by atoms with Gasteiger partial charge >= 0.3 is 0 Å². The SMILES string of the molecule is CCC(=O)[C@H](CO)C[C@@H](Cc1ccc(-c2cccc(F)c2)cc1)NC(=O)c1cn[nH]n1. The van der Waals surface area contributed by atoms with Gasteiger partial charge < -0.3 is 10.4 Å². The molecular formula is C23H25FN4O3. The van der Waals surface area contributed by atoms with Gasteiger partial charge in [0, 0.05) is 18.4 Å². The van der Waals surface area contributed by atoms with Crippen LogP contribution >= 0.6 is 0 Å². The van der Waals surface area contributed by atoms with Gasteiger partial charge in [0.2, 0.25) is 0 Å². The van der Waals surface area contributed by atoms with E-state index in [0.717, 1.165) is 16.7 Å². The Morgan fingerprint density at radius 3 is 2.55 bits per heavy atom. The number of ketones is 1. The first-order valence-corrected chi connectivity index (χ1v) is 10.1. The van der Waals surface area contributed by atoms with Crippen molar-refractivity contribution < 1.29 is 19.1 Å². The Hall–Kier alpha value is -3.39. The van der Waals surface area contributed by atoms with Gasteiger partial charge in [-0.3, -0.25) is 9.59 Å². The lowest BCUT2D eigenvalue weighted by molar-refractivity contribution is -0.124. The van der Waals surface area contributed by atoms with E-state index in [1.807, 2.05) is 30.3 Å². The second-order valence-corrected chi connectivity index (χ2v) is 7.37. The summed E-state index contributed by atoms with van der Waals surface area (Å²) >= 11 is 0. The number of aromatic nitrogens is 3. The number of aromatic amines is 1. The van der Waals surface area contributed by atoms with Crippen molar-refractivity contribution in [1.82, 2.24) is 20.7 Å². The summed E-state index contributed by atoms with van der Waals surface area (Å²) in [6.07, 6.45) is 2.40. The summed E-state index contributed by atoms with van der Waals surface area (Å²) < 4.78 is 13.5. The Labute approximate surface area is 179 Å². The highest BCUT2D eigenvalue weighted by Gasteiger charge is 2.24. The van der Waals surface area contributed by atoms with Gasteiger partial charge in [0.05, 0.1) is 12.8 Å². The zero-order valence-electron chi connectivity index (χ0n) is 17.2. The van der Waals surface area contributed by atoms with Crippen LogP contribution in [0.1, 0.15) is 35.8 Å². The quantitative estimate of drug-likeness (QED) is 0.464. The minimum atomic E-state index is -0.556. The summed E-state index contributed by atoms with van der Waals surface area (Å²) in [5.41, 5.74) is 2.73. The molecule has 0 unspecified atom stereocenters. The van der Waals surface area contributed by atoms with Crippen LogP contribution in [0.15, 0.2) is 54.7 Å². The van der Waals surface area contributed by atoms with E-state index >= 15 is 0 Å². The molecule has 0 aliphatic heterocycles. The van der Waals surface area contributed by atoms with E-state index in [1.54, 1.807) is 13.0 Å². The molecule has 3 rings (SSSR count). The standard InChI is InChI=1S/C23H25FN4O3/c1-2-22(30)18(14-29)12-20(26-23(31)21-13-25-28-27-21)10-15-6-8-16(9-7-15)17-4-3-5-19(24)11-17/h3-9,11,13,18,20,29H,2,10,12,14H2,1H3,(H,26,31)(H,25,27,28)/t18-,20+/m0/s1. The van der Waals surface area contributed by atoms with E-state index in [9.17, 15) is 19.1 Å². The van der Waals surface area contributed by atoms with Crippen LogP contribution in [0.5, 0.6) is 0 Å². The minimum Gasteiger partial charge on any atom is -0.396 e. The number of hydrogen-bond acceptors (Lipinski definition) is 5. The molecule has 1 amide bonds. The number of carbonyl (C=O) groups is 2. The van der Waals surface area contributed by atoms with Gasteiger partial charge in [0.25, 0.3) is 5.91 Å². The second kappa shape index (κ2) is 10.6. The Kier molecular flexibility index (Phi) is 7.61. The Balaban J connectivity index is 1.76. The highest BCUT2D eigenvalue weighted by molar-refractivity contribution is 5.92. The third-order valence-corrected chi connectivity index (χ3v) is 5.17. The summed E-state index contributed by atoms with van der Waals surface area (Å²) in [4.78, 5) is 24.6. The zero-order chi connectivity index (χ0) is 22.2. The predicted octanol–water partition coefficient (Wildman–Crippen LogP) is 2.93. The van der Waals surface area contributed by atoms with Crippen LogP contribution in [-0.4, -0.2) is 44.9 Å². The van der Waals surface area contributed by atoms with E-state index in [1.165, 1.54) is 18.3 Å². The molecule has 0 aliphatic rings. The van der Waals surface area contributed by atoms with Crippen molar-refractivity contribution in [2.45, 2.75) is 32.2 Å². The van der Waals surface area contributed by atoms with Crippen LogP contribution in [0.4, 0.5) is 4.39 Å². The monoisotopic (exact) mass is 424 g/mol. The number of aliphatic hydroxyl groups is 1. The molecule has 0 spiro atoms. The van der Waals surface area contributed by atoms with E-state index in [0.29, 0.717) is 19.3 Å². The molecule has 0 aliphatic carbocycles. The van der Waals surface area contributed by atoms with Crippen molar-refractivity contribution in [2.75, 3.05) is 6.61 Å². The number of carbonyl (C=O) groups excluding carboxylic acids is 2. The number of nitrogens with one attached hydrogen (secondary N) is 2. The molecular weight excluding hydrogens is 399 g/mol. The number of amides is 1. The van der Waals surface area contributed by atoms with Crippen LogP contribution in [0.3, 0.4) is 0 Å². The minimum absolute atomic E-state index is 0.0513. The molecule has 0 radical (unpaired) electrons. The molecule has 0 saturated carbocycles. The van der Waals surface area contributed by atoms with Gasteiger partial charge in [-0.2, -0.15) is 15.4 Å². The first-order chi connectivity index (χ1) is 15.0. The van der Waals surface area contributed by atoms with Gasteiger partial charge in [-0.05, 0) is 41.7 Å². The maximum atomic E-state index is 13.5. The van der Waals surface area contributed by atoms with Gasteiger partial charge in [-0.1, -0.05) is 43.3 Å². The molecule has 7 nitrogen and oxygen atoms in total. The zero-order valence-corrected chi connectivity index (χ0v) is 17.2. The first-order valence-electron chi connectivity index (χ1n) is 10.1. The van der Waals surface area contributed by atoms with Crippen LogP contribution in [-0.2, 0) is 11.2 Å². The predicted molar refractivity (Wildman–Crippen MR) is 114 cm³/mol. The lowest BCUT2D eigenvalue weighted by Crippen LogP contribution is -2.40. The lowest BCUT2D eigenvalue weighted by atomic mass is 9.91. The average Bonchev–Trinajstić information content (AvgIpc) is 3.32. The van der Waals surface area contributed by atoms with Crippen LogP contribution in [0.2, 0.25) is 0 Å². The number of benzene rings is 2. The smallest absolute Gasteiger partial charge is 0.273 e. The van der Waals surface area contributed by atoms with Crippen molar-refractivity contribution in [1.29, 1.82) is 0 Å². The van der Waals surface area contributed by atoms with Gasteiger partial charge in [-0.25, -0.2) is 4.39 Å². The van der Waals surface area contributed by atoms with Crippen molar-refractivity contribution in [3.63, 3.8) is 0 Å². The summed E-state index contributed by atoms with van der Waals surface area (Å²) in [5, 5.41) is 22.4. The molecule has 162 valence electrons. The molecule has 0 bridgehead atoms. The first kappa shape index (κ1) is 22.3. The molecule has 3 aromatic rings. The molecule has 2 atom stereocenters. The molecule has 1 heterocycles. The van der Waals surface area contributed by atoms with E-state index in [2.05, 4.69) is 20.7 Å². The number of halogens is 1. The molecule has 31 heavy (non-hydrogen) atoms. The van der Waals surface area contributed by atoms with Crippen LogP contribution in [0.25, 0.3) is 11.1 Å². The Morgan fingerprint density at radius 2 is 1.94 bits per heavy atom. The van der Waals surface area contributed by atoms with Crippen molar-refractivity contribution >= 4 is 11.7 Å². The van der Waals surface area contributed by atoms with E-state index in [4.69, 9.17) is 0 Å². The third-order valence-electron chi connectivity index (χ3n) is 5.17. The fourth-order valence-corrected chi connectivity index (χ4v) is 3.49. The Morgan fingerprint density at radius 1 is 1.16 bits per heavy atom.